The number of rotatable bonds is 1. The molecular weight excluding hydrogens is 184 g/mol. The molecule has 0 bridgehead atoms. The highest BCUT2D eigenvalue weighted by Gasteiger charge is 2.04. The first kappa shape index (κ1) is 8.39. The Balaban J connectivity index is 2.07. The van der Waals surface area contributed by atoms with E-state index in [0.717, 1.165) is 0 Å². The first-order valence-electron chi connectivity index (χ1n) is 4.24. The third kappa shape index (κ3) is 2.14. The summed E-state index contributed by atoms with van der Waals surface area (Å²) < 4.78 is 0. The highest BCUT2D eigenvalue weighted by molar-refractivity contribution is 7.99. The maximum atomic E-state index is 2.36. The molecule has 0 atom stereocenters. The van der Waals surface area contributed by atoms with E-state index >= 15 is 0 Å². The quantitative estimate of drug-likeness (QED) is 0.660. The van der Waals surface area contributed by atoms with Crippen LogP contribution in [0.5, 0.6) is 0 Å². The summed E-state index contributed by atoms with van der Waals surface area (Å²) in [7, 11) is 0. The highest BCUT2D eigenvalue weighted by Crippen LogP contribution is 2.24. The van der Waals surface area contributed by atoms with Crippen molar-refractivity contribution in [2.24, 2.45) is 0 Å². The van der Waals surface area contributed by atoms with Crippen molar-refractivity contribution in [1.29, 1.82) is 0 Å². The van der Waals surface area contributed by atoms with Crippen LogP contribution in [0.4, 0.5) is 0 Å². The summed E-state index contributed by atoms with van der Waals surface area (Å²) >= 11 is 3.85. The molecule has 0 aromatic carbocycles. The Labute approximate surface area is 81.7 Å². The second-order valence-corrected chi connectivity index (χ2v) is 4.98. The smallest absolute Gasteiger partial charge is 0.00208 e. The van der Waals surface area contributed by atoms with Gasteiger partial charge in [-0.25, -0.2) is 0 Å². The van der Waals surface area contributed by atoms with Crippen LogP contribution in [0.3, 0.4) is 0 Å². The van der Waals surface area contributed by atoms with Crippen molar-refractivity contribution in [3.05, 3.63) is 28.0 Å². The van der Waals surface area contributed by atoms with Gasteiger partial charge in [0.25, 0.3) is 0 Å². The molecule has 1 aliphatic heterocycles. The summed E-state index contributed by atoms with van der Waals surface area (Å²) in [5, 5.41) is 4.36. The summed E-state index contributed by atoms with van der Waals surface area (Å²) in [6, 6.07) is 2.19. The number of thioether (sulfide) groups is 1. The van der Waals surface area contributed by atoms with Crippen molar-refractivity contribution >= 4 is 29.2 Å². The van der Waals surface area contributed by atoms with Crippen molar-refractivity contribution in [2.45, 2.75) is 12.8 Å². The lowest BCUT2D eigenvalue weighted by Crippen LogP contribution is -1.97. The van der Waals surface area contributed by atoms with Crippen molar-refractivity contribution < 1.29 is 0 Å². The topological polar surface area (TPSA) is 0 Å². The normalized spacial score (nSPS) is 17.8. The van der Waals surface area contributed by atoms with Gasteiger partial charge in [0.15, 0.2) is 0 Å². The van der Waals surface area contributed by atoms with Crippen LogP contribution in [0.25, 0.3) is 6.08 Å². The average molecular weight is 196 g/mol. The summed E-state index contributed by atoms with van der Waals surface area (Å²) in [4.78, 5) is 0. The van der Waals surface area contributed by atoms with E-state index < -0.39 is 0 Å². The lowest BCUT2D eigenvalue weighted by molar-refractivity contribution is 0.977. The summed E-state index contributed by atoms with van der Waals surface area (Å²) in [6.07, 6.45) is 4.94. The van der Waals surface area contributed by atoms with Gasteiger partial charge in [0.1, 0.15) is 0 Å². The molecular formula is C10H12S2. The molecule has 2 rings (SSSR count). The fraction of sp³-hybridized carbons (Fsp3) is 0.400. The second kappa shape index (κ2) is 4.15. The van der Waals surface area contributed by atoms with E-state index in [-0.39, 0.29) is 0 Å². The van der Waals surface area contributed by atoms with Crippen LogP contribution in [-0.2, 0) is 0 Å². The molecule has 64 valence electrons. The van der Waals surface area contributed by atoms with Crippen molar-refractivity contribution in [2.75, 3.05) is 11.5 Å². The van der Waals surface area contributed by atoms with Crippen LogP contribution in [0.15, 0.2) is 22.4 Å². The molecule has 0 radical (unpaired) electrons. The van der Waals surface area contributed by atoms with Crippen LogP contribution in [0, 0.1) is 0 Å². The number of hydrogen-bond acceptors (Lipinski definition) is 2. The van der Waals surface area contributed by atoms with Gasteiger partial charge in [-0.3, -0.25) is 0 Å². The van der Waals surface area contributed by atoms with E-state index in [0.29, 0.717) is 0 Å². The van der Waals surface area contributed by atoms with E-state index in [1.165, 1.54) is 29.9 Å². The predicted molar refractivity (Wildman–Crippen MR) is 58.9 cm³/mol. The number of allylic oxidation sites excluding steroid dienone is 1. The molecule has 0 spiro atoms. The monoisotopic (exact) mass is 196 g/mol. The van der Waals surface area contributed by atoms with Crippen molar-refractivity contribution in [3.8, 4) is 0 Å². The predicted octanol–water partition coefficient (Wildman–Crippen LogP) is 3.66. The van der Waals surface area contributed by atoms with E-state index in [1.54, 1.807) is 16.9 Å². The van der Waals surface area contributed by atoms with Crippen LogP contribution >= 0.6 is 23.1 Å². The fourth-order valence-corrected chi connectivity index (χ4v) is 3.01. The largest absolute Gasteiger partial charge is 0.161 e. The first-order valence-corrected chi connectivity index (χ1v) is 6.34. The molecule has 1 aliphatic rings. The Kier molecular flexibility index (Phi) is 2.90. The summed E-state index contributed by atoms with van der Waals surface area (Å²) in [6.45, 7) is 0. The molecule has 0 aliphatic carbocycles. The Morgan fingerprint density at radius 3 is 2.75 bits per heavy atom. The van der Waals surface area contributed by atoms with Crippen LogP contribution < -0.4 is 0 Å². The SMILES string of the molecule is C(=C1CCSCC1)c1ccsc1. The first-order chi connectivity index (χ1) is 5.95. The molecule has 0 unspecified atom stereocenters. The Morgan fingerprint density at radius 2 is 2.08 bits per heavy atom. The zero-order chi connectivity index (χ0) is 8.23. The van der Waals surface area contributed by atoms with Crippen LogP contribution in [-0.4, -0.2) is 11.5 Å². The number of thiophene rings is 1. The van der Waals surface area contributed by atoms with Gasteiger partial charge in [-0.15, -0.1) is 0 Å². The summed E-state index contributed by atoms with van der Waals surface area (Å²) in [5.74, 6) is 2.63. The van der Waals surface area contributed by atoms with E-state index in [1.807, 2.05) is 0 Å². The van der Waals surface area contributed by atoms with E-state index in [4.69, 9.17) is 0 Å². The standard InChI is InChI=1S/C10H12S2/c1-4-11-5-2-9(1)7-10-3-6-12-8-10/h3,6-8H,1-2,4-5H2. The van der Waals surface area contributed by atoms with Crippen molar-refractivity contribution in [3.63, 3.8) is 0 Å². The molecule has 2 heterocycles. The van der Waals surface area contributed by atoms with E-state index in [9.17, 15) is 0 Å². The second-order valence-electron chi connectivity index (χ2n) is 2.97. The third-order valence-electron chi connectivity index (χ3n) is 2.05. The van der Waals surface area contributed by atoms with Gasteiger partial charge in [0.05, 0.1) is 0 Å². The number of hydrogen-bond donors (Lipinski definition) is 0. The molecule has 0 amide bonds. The highest BCUT2D eigenvalue weighted by atomic mass is 32.2. The molecule has 1 fully saturated rings. The minimum atomic E-state index is 1.29. The zero-order valence-corrected chi connectivity index (χ0v) is 8.59. The van der Waals surface area contributed by atoms with Gasteiger partial charge in [-0.05, 0) is 46.7 Å². The van der Waals surface area contributed by atoms with Gasteiger partial charge in [-0.2, -0.15) is 23.1 Å². The fourth-order valence-electron chi connectivity index (χ4n) is 1.37. The Morgan fingerprint density at radius 1 is 1.25 bits per heavy atom. The lowest BCUT2D eigenvalue weighted by atomic mass is 10.1. The maximum absolute atomic E-state index is 2.36. The van der Waals surface area contributed by atoms with Crippen LogP contribution in [0.1, 0.15) is 18.4 Å². The van der Waals surface area contributed by atoms with Gasteiger partial charge in [-0.1, -0.05) is 11.6 Å². The zero-order valence-electron chi connectivity index (χ0n) is 6.95. The molecule has 1 aromatic rings. The minimum Gasteiger partial charge on any atom is -0.161 e. The molecule has 1 aromatic heterocycles. The van der Waals surface area contributed by atoms with Crippen LogP contribution in [0.2, 0.25) is 0 Å². The van der Waals surface area contributed by atoms with E-state index in [2.05, 4.69) is 34.7 Å². The van der Waals surface area contributed by atoms with Gasteiger partial charge >= 0.3 is 0 Å². The Bertz CT molecular complexity index is 251. The molecule has 2 heteroatoms. The summed E-state index contributed by atoms with van der Waals surface area (Å²) in [5.41, 5.74) is 3.02. The molecule has 0 nitrogen and oxygen atoms in total. The van der Waals surface area contributed by atoms with Gasteiger partial charge < -0.3 is 0 Å². The average Bonchev–Trinajstić information content (AvgIpc) is 2.59. The molecule has 12 heavy (non-hydrogen) atoms. The lowest BCUT2D eigenvalue weighted by Gasteiger charge is -2.12. The third-order valence-corrected chi connectivity index (χ3v) is 3.74. The Hall–Kier alpha value is -0.210. The minimum absolute atomic E-state index is 1.29. The van der Waals surface area contributed by atoms with Gasteiger partial charge in [0, 0.05) is 0 Å². The van der Waals surface area contributed by atoms with Gasteiger partial charge in [0.2, 0.25) is 0 Å². The maximum Gasteiger partial charge on any atom is -0.00208 e. The molecule has 0 N–H and O–H groups in total. The molecule has 1 saturated heterocycles. The molecule has 0 saturated carbocycles. The van der Waals surface area contributed by atoms with Crippen molar-refractivity contribution in [1.82, 2.24) is 0 Å².